The van der Waals surface area contributed by atoms with Crippen molar-refractivity contribution in [2.45, 2.75) is 38.1 Å². The predicted octanol–water partition coefficient (Wildman–Crippen LogP) is 1.65. The molecule has 1 saturated heterocycles. The van der Waals surface area contributed by atoms with E-state index in [4.69, 9.17) is 0 Å². The highest BCUT2D eigenvalue weighted by molar-refractivity contribution is 5.05. The van der Waals surface area contributed by atoms with E-state index in [1.165, 1.54) is 52.1 Å². The van der Waals surface area contributed by atoms with Crippen LogP contribution in [-0.4, -0.2) is 62.2 Å². The highest BCUT2D eigenvalue weighted by Crippen LogP contribution is 2.58. The van der Waals surface area contributed by atoms with Crippen LogP contribution in [0.1, 0.15) is 32.1 Å². The lowest BCUT2D eigenvalue weighted by Crippen LogP contribution is -2.48. The Bertz CT molecular complexity index is 337. The van der Waals surface area contributed by atoms with E-state index in [0.717, 1.165) is 29.7 Å². The number of piperazine rings is 1. The summed E-state index contributed by atoms with van der Waals surface area (Å²) in [6, 6.07) is 0.867. The molecule has 0 aromatic rings. The fourth-order valence-corrected chi connectivity index (χ4v) is 5.78. The van der Waals surface area contributed by atoms with Gasteiger partial charge in [-0.3, -0.25) is 4.90 Å². The number of nitrogens with zero attached hydrogens (tertiary/aromatic N) is 2. The number of nitrogens with one attached hydrogen (secondary N) is 1. The van der Waals surface area contributed by atoms with Gasteiger partial charge in [-0.15, -0.1) is 0 Å². The molecule has 4 rings (SSSR count). The standard InChI is InChI=1S/C17H31N3/c1-19-7-9-20(10-8-19)6-5-18-17-12-13-11-16(17)15-4-2-3-14(13)15/h13-18H,2-12H2,1H3. The van der Waals surface area contributed by atoms with Crippen LogP contribution in [0.5, 0.6) is 0 Å². The van der Waals surface area contributed by atoms with Crippen molar-refractivity contribution in [2.24, 2.45) is 23.7 Å². The maximum absolute atomic E-state index is 3.93. The minimum atomic E-state index is 0.867. The molecule has 3 heteroatoms. The molecule has 1 N–H and O–H groups in total. The lowest BCUT2D eigenvalue weighted by molar-refractivity contribution is 0.148. The molecule has 0 amide bonds. The van der Waals surface area contributed by atoms with Gasteiger partial charge in [-0.05, 0) is 56.4 Å². The second kappa shape index (κ2) is 5.58. The first kappa shape index (κ1) is 13.5. The summed E-state index contributed by atoms with van der Waals surface area (Å²) in [5.41, 5.74) is 0. The van der Waals surface area contributed by atoms with Crippen LogP contribution in [0.3, 0.4) is 0 Å². The topological polar surface area (TPSA) is 18.5 Å². The van der Waals surface area contributed by atoms with Crippen LogP contribution in [0.15, 0.2) is 0 Å². The van der Waals surface area contributed by atoms with Gasteiger partial charge in [0.15, 0.2) is 0 Å². The number of hydrogen-bond acceptors (Lipinski definition) is 3. The summed E-state index contributed by atoms with van der Waals surface area (Å²) in [7, 11) is 2.24. The van der Waals surface area contributed by atoms with Gasteiger partial charge in [0.2, 0.25) is 0 Å². The summed E-state index contributed by atoms with van der Waals surface area (Å²) in [5, 5.41) is 3.93. The second-order valence-corrected chi connectivity index (χ2v) is 7.86. The van der Waals surface area contributed by atoms with Crippen molar-refractivity contribution in [3.05, 3.63) is 0 Å². The summed E-state index contributed by atoms with van der Waals surface area (Å²) < 4.78 is 0. The summed E-state index contributed by atoms with van der Waals surface area (Å²) >= 11 is 0. The summed E-state index contributed by atoms with van der Waals surface area (Å²) in [6.07, 6.45) is 7.68. The zero-order valence-corrected chi connectivity index (χ0v) is 13.1. The Morgan fingerprint density at radius 1 is 0.950 bits per heavy atom. The van der Waals surface area contributed by atoms with Crippen LogP contribution >= 0.6 is 0 Å². The average molecular weight is 277 g/mol. The van der Waals surface area contributed by atoms with Crippen LogP contribution in [0, 0.1) is 23.7 Å². The molecule has 3 nitrogen and oxygen atoms in total. The van der Waals surface area contributed by atoms with Crippen molar-refractivity contribution in [3.8, 4) is 0 Å². The van der Waals surface area contributed by atoms with E-state index in [0.29, 0.717) is 0 Å². The molecule has 1 aliphatic heterocycles. The van der Waals surface area contributed by atoms with Gasteiger partial charge in [0, 0.05) is 45.3 Å². The molecule has 5 atom stereocenters. The Kier molecular flexibility index (Phi) is 3.78. The molecule has 114 valence electrons. The molecular formula is C17H31N3. The van der Waals surface area contributed by atoms with Crippen molar-refractivity contribution in [2.75, 3.05) is 46.3 Å². The molecule has 2 bridgehead atoms. The van der Waals surface area contributed by atoms with Crippen LogP contribution in [-0.2, 0) is 0 Å². The van der Waals surface area contributed by atoms with Crippen molar-refractivity contribution < 1.29 is 0 Å². The number of likely N-dealkylation sites (N-methyl/N-ethyl adjacent to an activating group) is 1. The van der Waals surface area contributed by atoms with E-state index in [1.54, 1.807) is 19.3 Å². The third-order valence-corrected chi connectivity index (χ3v) is 6.86. The first-order valence-corrected chi connectivity index (χ1v) is 8.95. The monoisotopic (exact) mass is 277 g/mol. The van der Waals surface area contributed by atoms with Crippen molar-refractivity contribution in [1.29, 1.82) is 0 Å². The smallest absolute Gasteiger partial charge is 0.0110 e. The number of fused-ring (bicyclic) bond motifs is 5. The molecule has 1 heterocycles. The molecule has 5 unspecified atom stereocenters. The molecule has 4 fully saturated rings. The lowest BCUT2D eigenvalue weighted by atomic mass is 9.79. The summed E-state index contributed by atoms with van der Waals surface area (Å²) in [5.74, 6) is 4.37. The summed E-state index contributed by atoms with van der Waals surface area (Å²) in [4.78, 5) is 5.08. The molecule has 0 radical (unpaired) electrons. The molecule has 0 spiro atoms. The molecule has 3 aliphatic carbocycles. The highest BCUT2D eigenvalue weighted by Gasteiger charge is 2.53. The van der Waals surface area contributed by atoms with Crippen LogP contribution in [0.25, 0.3) is 0 Å². The second-order valence-electron chi connectivity index (χ2n) is 7.86. The first-order valence-electron chi connectivity index (χ1n) is 8.95. The quantitative estimate of drug-likeness (QED) is 0.843. The van der Waals surface area contributed by atoms with Crippen LogP contribution < -0.4 is 5.32 Å². The fraction of sp³-hybridized carbons (Fsp3) is 1.00. The predicted molar refractivity (Wildman–Crippen MR) is 82.8 cm³/mol. The average Bonchev–Trinajstić information content (AvgIpc) is 3.12. The van der Waals surface area contributed by atoms with Crippen LogP contribution in [0.2, 0.25) is 0 Å². The zero-order chi connectivity index (χ0) is 13.5. The molecule has 20 heavy (non-hydrogen) atoms. The van der Waals surface area contributed by atoms with Crippen molar-refractivity contribution >= 4 is 0 Å². The van der Waals surface area contributed by atoms with E-state index in [-0.39, 0.29) is 0 Å². The van der Waals surface area contributed by atoms with Gasteiger partial charge in [-0.25, -0.2) is 0 Å². The molecule has 0 aromatic carbocycles. The van der Waals surface area contributed by atoms with E-state index in [1.807, 2.05) is 0 Å². The van der Waals surface area contributed by atoms with E-state index < -0.39 is 0 Å². The molecule has 0 aromatic heterocycles. The van der Waals surface area contributed by atoms with Crippen molar-refractivity contribution in [3.63, 3.8) is 0 Å². The van der Waals surface area contributed by atoms with Gasteiger partial charge in [-0.1, -0.05) is 6.42 Å². The van der Waals surface area contributed by atoms with Gasteiger partial charge in [0.1, 0.15) is 0 Å². The maximum Gasteiger partial charge on any atom is 0.0110 e. The number of rotatable bonds is 4. The first-order chi connectivity index (χ1) is 9.81. The van der Waals surface area contributed by atoms with E-state index in [2.05, 4.69) is 22.2 Å². The van der Waals surface area contributed by atoms with E-state index in [9.17, 15) is 0 Å². The third kappa shape index (κ3) is 2.42. The van der Waals surface area contributed by atoms with Gasteiger partial charge in [0.25, 0.3) is 0 Å². The Morgan fingerprint density at radius 2 is 1.75 bits per heavy atom. The maximum atomic E-state index is 3.93. The lowest BCUT2D eigenvalue weighted by Gasteiger charge is -2.35. The number of hydrogen-bond donors (Lipinski definition) is 1. The van der Waals surface area contributed by atoms with Gasteiger partial charge in [-0.2, -0.15) is 0 Å². The Hall–Kier alpha value is -0.120. The summed E-state index contributed by atoms with van der Waals surface area (Å²) in [6.45, 7) is 7.50. The van der Waals surface area contributed by atoms with Crippen LogP contribution in [0.4, 0.5) is 0 Å². The van der Waals surface area contributed by atoms with E-state index >= 15 is 0 Å². The van der Waals surface area contributed by atoms with Gasteiger partial charge < -0.3 is 10.2 Å². The fourth-order valence-electron chi connectivity index (χ4n) is 5.78. The SMILES string of the molecule is CN1CCN(CCNC2CC3CC2C2CCCC32)CC1. The third-order valence-electron chi connectivity index (χ3n) is 6.86. The molecule has 3 saturated carbocycles. The largest absolute Gasteiger partial charge is 0.312 e. The zero-order valence-electron chi connectivity index (χ0n) is 13.1. The van der Waals surface area contributed by atoms with Gasteiger partial charge >= 0.3 is 0 Å². The minimum Gasteiger partial charge on any atom is -0.312 e. The Morgan fingerprint density at radius 3 is 2.60 bits per heavy atom. The van der Waals surface area contributed by atoms with Crippen molar-refractivity contribution in [1.82, 2.24) is 15.1 Å². The molecule has 4 aliphatic rings. The highest BCUT2D eigenvalue weighted by atomic mass is 15.2. The normalized spacial score (nSPS) is 45.1. The Labute approximate surface area is 124 Å². The Balaban J connectivity index is 1.21. The molecular weight excluding hydrogens is 246 g/mol. The van der Waals surface area contributed by atoms with Gasteiger partial charge in [0.05, 0.1) is 0 Å². The minimum absolute atomic E-state index is 0.867.